The number of hydrogen-bond donors (Lipinski definition) is 1. The molecule has 140 valence electrons. The summed E-state index contributed by atoms with van der Waals surface area (Å²) in [4.78, 5) is 24.7. The topological polar surface area (TPSA) is 55.4 Å². The number of hydrogen-bond acceptors (Lipinski definition) is 3. The largest absolute Gasteiger partial charge is 0.455 e. The average Bonchev–Trinajstić information content (AvgIpc) is 2.60. The minimum absolute atomic E-state index is 0.135. The number of nitrogens with one attached hydrogen (secondary N) is 1. The smallest absolute Gasteiger partial charge is 0.312 e. The first-order chi connectivity index (χ1) is 12.5. The second-order valence-electron chi connectivity index (χ2n) is 8.50. The van der Waals surface area contributed by atoms with Gasteiger partial charge in [-0.15, -0.1) is 0 Å². The molecule has 26 heavy (non-hydrogen) atoms. The van der Waals surface area contributed by atoms with Crippen molar-refractivity contribution in [3.8, 4) is 0 Å². The predicted molar refractivity (Wildman–Crippen MR) is 99.7 cm³/mol. The highest BCUT2D eigenvalue weighted by atomic mass is 35.5. The van der Waals surface area contributed by atoms with Crippen LogP contribution in [0.1, 0.15) is 44.1 Å². The van der Waals surface area contributed by atoms with Crippen LogP contribution in [-0.2, 0) is 20.7 Å². The molecule has 0 aliphatic heterocycles. The van der Waals surface area contributed by atoms with Crippen LogP contribution in [0.4, 0.5) is 0 Å². The lowest BCUT2D eigenvalue weighted by molar-refractivity contribution is -0.173. The van der Waals surface area contributed by atoms with Crippen molar-refractivity contribution in [2.45, 2.75) is 44.9 Å². The van der Waals surface area contributed by atoms with Crippen LogP contribution in [0.2, 0.25) is 5.02 Å². The van der Waals surface area contributed by atoms with Crippen LogP contribution in [0.25, 0.3) is 0 Å². The SMILES string of the molecule is O=C(COC(=O)C12CC3CC(CC(C3)C1)C2)NCCc1ccc(Cl)cc1. The number of benzene rings is 1. The maximum absolute atomic E-state index is 12.7. The maximum atomic E-state index is 12.7. The first-order valence-electron chi connectivity index (χ1n) is 9.71. The van der Waals surface area contributed by atoms with Gasteiger partial charge in [0.25, 0.3) is 5.91 Å². The number of amides is 1. The van der Waals surface area contributed by atoms with Gasteiger partial charge >= 0.3 is 5.97 Å². The first-order valence-corrected chi connectivity index (χ1v) is 10.1. The van der Waals surface area contributed by atoms with Gasteiger partial charge in [0.05, 0.1) is 5.41 Å². The van der Waals surface area contributed by atoms with Gasteiger partial charge in [-0.25, -0.2) is 0 Å². The third kappa shape index (κ3) is 3.75. The third-order valence-corrected chi connectivity index (χ3v) is 6.71. The van der Waals surface area contributed by atoms with Gasteiger partial charge in [-0.3, -0.25) is 9.59 Å². The molecule has 5 rings (SSSR count). The second-order valence-corrected chi connectivity index (χ2v) is 8.94. The molecule has 1 N–H and O–H groups in total. The van der Waals surface area contributed by atoms with Gasteiger partial charge in [0, 0.05) is 11.6 Å². The quantitative estimate of drug-likeness (QED) is 0.770. The molecule has 0 heterocycles. The van der Waals surface area contributed by atoms with Crippen LogP contribution < -0.4 is 5.32 Å². The predicted octanol–water partition coefficient (Wildman–Crippen LogP) is 3.76. The molecule has 0 saturated heterocycles. The lowest BCUT2D eigenvalue weighted by Gasteiger charge is -2.55. The third-order valence-electron chi connectivity index (χ3n) is 6.45. The molecular weight excluding hydrogens is 350 g/mol. The molecule has 0 unspecified atom stereocenters. The Morgan fingerprint density at radius 1 is 1.04 bits per heavy atom. The number of carbonyl (C=O) groups excluding carboxylic acids is 2. The molecule has 4 saturated carbocycles. The summed E-state index contributed by atoms with van der Waals surface area (Å²) < 4.78 is 5.44. The van der Waals surface area contributed by atoms with Gasteiger partial charge in [-0.2, -0.15) is 0 Å². The van der Waals surface area contributed by atoms with E-state index in [9.17, 15) is 9.59 Å². The first kappa shape index (κ1) is 17.8. The number of halogens is 1. The molecule has 1 aromatic rings. The van der Waals surface area contributed by atoms with Gasteiger partial charge in [0.15, 0.2) is 6.61 Å². The van der Waals surface area contributed by atoms with Gasteiger partial charge in [-0.1, -0.05) is 23.7 Å². The summed E-state index contributed by atoms with van der Waals surface area (Å²) in [6.07, 6.45) is 7.50. The van der Waals surface area contributed by atoms with Gasteiger partial charge < -0.3 is 10.1 Å². The highest BCUT2D eigenvalue weighted by molar-refractivity contribution is 6.30. The van der Waals surface area contributed by atoms with Crippen molar-refractivity contribution < 1.29 is 14.3 Å². The molecule has 4 fully saturated rings. The Kier molecular flexibility index (Phi) is 4.96. The Hall–Kier alpha value is -1.55. The monoisotopic (exact) mass is 375 g/mol. The average molecular weight is 376 g/mol. The van der Waals surface area contributed by atoms with Gasteiger partial charge in [0.1, 0.15) is 0 Å². The highest BCUT2D eigenvalue weighted by Gasteiger charge is 2.55. The summed E-state index contributed by atoms with van der Waals surface area (Å²) in [6, 6.07) is 7.57. The Morgan fingerprint density at radius 2 is 1.62 bits per heavy atom. The van der Waals surface area contributed by atoms with Crippen LogP contribution >= 0.6 is 11.6 Å². The van der Waals surface area contributed by atoms with E-state index in [0.29, 0.717) is 29.3 Å². The van der Waals surface area contributed by atoms with Crippen LogP contribution in [0, 0.1) is 23.2 Å². The summed E-state index contributed by atoms with van der Waals surface area (Å²) in [5.41, 5.74) is 0.818. The Morgan fingerprint density at radius 3 is 2.19 bits per heavy atom. The van der Waals surface area contributed by atoms with E-state index in [0.717, 1.165) is 31.2 Å². The molecular formula is C21H26ClNO3. The van der Waals surface area contributed by atoms with Gasteiger partial charge in [0.2, 0.25) is 0 Å². The Labute approximate surface area is 159 Å². The number of rotatable bonds is 6. The zero-order valence-corrected chi connectivity index (χ0v) is 15.8. The number of esters is 1. The lowest BCUT2D eigenvalue weighted by atomic mass is 9.49. The molecule has 0 spiro atoms. The molecule has 4 aliphatic rings. The fourth-order valence-corrected chi connectivity index (χ4v) is 5.82. The van der Waals surface area contributed by atoms with Crippen LogP contribution in [-0.4, -0.2) is 25.0 Å². The van der Waals surface area contributed by atoms with Gasteiger partial charge in [-0.05, 0) is 80.4 Å². The highest BCUT2D eigenvalue weighted by Crippen LogP contribution is 2.60. The van der Waals surface area contributed by atoms with Crippen LogP contribution in [0.3, 0.4) is 0 Å². The van der Waals surface area contributed by atoms with Crippen molar-refractivity contribution in [1.82, 2.24) is 5.32 Å². The molecule has 1 amide bonds. The maximum Gasteiger partial charge on any atom is 0.312 e. The van der Waals surface area contributed by atoms with E-state index >= 15 is 0 Å². The summed E-state index contributed by atoms with van der Waals surface area (Å²) in [6.45, 7) is 0.358. The van der Waals surface area contributed by atoms with Crippen molar-refractivity contribution in [3.63, 3.8) is 0 Å². The van der Waals surface area contributed by atoms with E-state index in [1.807, 2.05) is 24.3 Å². The molecule has 0 aromatic heterocycles. The van der Waals surface area contributed by atoms with Crippen molar-refractivity contribution >= 4 is 23.5 Å². The summed E-state index contributed by atoms with van der Waals surface area (Å²) in [5.74, 6) is 1.73. The van der Waals surface area contributed by atoms with E-state index in [2.05, 4.69) is 5.32 Å². The minimum atomic E-state index is -0.293. The van der Waals surface area contributed by atoms with E-state index in [1.54, 1.807) is 0 Å². The van der Waals surface area contributed by atoms with Crippen molar-refractivity contribution in [3.05, 3.63) is 34.9 Å². The molecule has 4 aliphatic carbocycles. The normalized spacial score (nSPS) is 31.7. The zero-order valence-electron chi connectivity index (χ0n) is 15.0. The van der Waals surface area contributed by atoms with Crippen LogP contribution in [0.5, 0.6) is 0 Å². The summed E-state index contributed by atoms with van der Waals surface area (Å²) in [5, 5.41) is 3.53. The molecule has 1 aromatic carbocycles. The van der Waals surface area contributed by atoms with Crippen molar-refractivity contribution in [1.29, 1.82) is 0 Å². The molecule has 0 radical (unpaired) electrons. The van der Waals surface area contributed by atoms with E-state index in [-0.39, 0.29) is 23.9 Å². The molecule has 4 bridgehead atoms. The van der Waals surface area contributed by atoms with Crippen LogP contribution in [0.15, 0.2) is 24.3 Å². The Balaban J connectivity index is 1.22. The summed E-state index contributed by atoms with van der Waals surface area (Å²) >= 11 is 5.86. The minimum Gasteiger partial charge on any atom is -0.455 e. The standard InChI is InChI=1S/C21H26ClNO3/c22-18-3-1-14(2-4-18)5-6-23-19(24)13-26-20(25)21-10-15-7-16(11-21)9-17(8-15)12-21/h1-4,15-17H,5-13H2,(H,23,24). The molecule has 0 atom stereocenters. The fourth-order valence-electron chi connectivity index (χ4n) is 5.69. The second kappa shape index (κ2) is 7.22. The van der Waals surface area contributed by atoms with E-state index in [4.69, 9.17) is 16.3 Å². The Bertz CT molecular complexity index is 650. The zero-order chi connectivity index (χ0) is 18.1. The van der Waals surface area contributed by atoms with Crippen molar-refractivity contribution in [2.24, 2.45) is 23.2 Å². The lowest BCUT2D eigenvalue weighted by Crippen LogP contribution is -2.51. The molecule has 4 nitrogen and oxygen atoms in total. The number of ether oxygens (including phenoxy) is 1. The van der Waals surface area contributed by atoms with Crippen molar-refractivity contribution in [2.75, 3.05) is 13.2 Å². The number of carbonyl (C=O) groups is 2. The molecule has 5 heteroatoms. The fraction of sp³-hybridized carbons (Fsp3) is 0.619. The van der Waals surface area contributed by atoms with E-state index < -0.39 is 0 Å². The van der Waals surface area contributed by atoms with E-state index in [1.165, 1.54) is 19.3 Å². The summed E-state index contributed by atoms with van der Waals surface area (Å²) in [7, 11) is 0.